The molecule has 1 aromatic carbocycles. The molecule has 0 fully saturated rings. The van der Waals surface area contributed by atoms with Crippen LogP contribution in [-0.2, 0) is 15.6 Å². The molecule has 0 amide bonds. The Morgan fingerprint density at radius 2 is 0.512 bits per heavy atom. The van der Waals surface area contributed by atoms with Crippen molar-refractivity contribution in [3.05, 3.63) is 120 Å². The normalized spacial score (nSPS) is 14.3. The van der Waals surface area contributed by atoms with Crippen molar-refractivity contribution in [2.45, 2.75) is 328 Å². The van der Waals surface area contributed by atoms with Crippen molar-refractivity contribution in [1.82, 2.24) is 0 Å². The molecule has 1 rings (SSSR count). The molecule has 82 heavy (non-hydrogen) atoms. The van der Waals surface area contributed by atoms with Gasteiger partial charge in [0.1, 0.15) is 5.78 Å². The minimum Gasteiger partial charge on any atom is -0.299 e. The van der Waals surface area contributed by atoms with Gasteiger partial charge in [0, 0.05) is 11.8 Å². The molecule has 482 valence electrons. The molecule has 0 heterocycles. The lowest BCUT2D eigenvalue weighted by Gasteiger charge is -2.24. The fourth-order valence-electron chi connectivity index (χ4n) is 5.84. The van der Waals surface area contributed by atoms with Crippen molar-refractivity contribution in [3.8, 4) is 0 Å². The predicted octanol–water partition coefficient (Wildman–Crippen LogP) is 27.8. The lowest BCUT2D eigenvalue weighted by Crippen LogP contribution is -2.25. The molecule has 0 aliphatic heterocycles. The SMILES string of the molecule is C/C(=C\C(C)(C)C)C(C)(C)C.CC(C)(C)/C=C/C(C)(C)C.CC(C)(C)/C=C/C=C/C(C)(C)C.CC(C)(C)/C=C/C=C/C=C/C(C)(C)C.CC(C)(C)CC(=O)C(C)(C)C.CC(C)(C)CCC(C)(C)C.CC(C)(C)c1ccc(C(C)(C)C)cc1. The Bertz CT molecular complexity index is 1910. The predicted molar refractivity (Wildman–Crippen MR) is 385 cm³/mol. The summed E-state index contributed by atoms with van der Waals surface area (Å²) in [4.78, 5) is 11.5. The summed E-state index contributed by atoms with van der Waals surface area (Å²) in [5.74, 6) is 0.352. The van der Waals surface area contributed by atoms with Crippen LogP contribution >= 0.6 is 0 Å². The van der Waals surface area contributed by atoms with E-state index in [4.69, 9.17) is 0 Å². The van der Waals surface area contributed by atoms with Crippen LogP contribution in [0.25, 0.3) is 0 Å². The molecule has 1 heteroatoms. The standard InChI is InChI=1S/C14H22.C14H24.C12H22.C11H22.C10H20O.C10H22.C10H20/c1-13(2,3)11-7-9-12(10-8-11)14(4,5)6;1-13(2,3)11-9-7-8-10-12-14(4,5)6;1-11(2,3)9-7-8-10-12(4,5)6;1-9(11(5,6)7)8-10(2,3)4;1-9(2,3)7-8(11)10(4,5)6;2*1-9(2,3)7-8-10(4,5)6/h7-10H,1-6H3;7-12H,1-6H3;7-10H,1-6H3;8H,1-7H3;7H2,1-6H3;7-8H2,1-6H3;7-8H,1-6H3/b;8-7+,11-9+,12-10+;9-7+,10-8+;9-8+;;;8-7+. The molecule has 0 aliphatic rings. The number of hydrogen-bond acceptors (Lipinski definition) is 1. The van der Waals surface area contributed by atoms with E-state index in [0.717, 1.165) is 0 Å². The number of carbonyl (C=O) groups excluding carboxylic acids is 1. The van der Waals surface area contributed by atoms with Gasteiger partial charge in [-0.2, -0.15) is 0 Å². The van der Waals surface area contributed by atoms with Crippen molar-refractivity contribution in [1.29, 1.82) is 0 Å². The molecular formula is C81H152O. The molecule has 0 aliphatic carbocycles. The summed E-state index contributed by atoms with van der Waals surface area (Å²) in [7, 11) is 0. The molecule has 0 bridgehead atoms. The third-order valence-corrected chi connectivity index (χ3v) is 11.5. The lowest BCUT2D eigenvalue weighted by atomic mass is 9.80. The van der Waals surface area contributed by atoms with Gasteiger partial charge >= 0.3 is 0 Å². The highest BCUT2D eigenvalue weighted by Gasteiger charge is 2.26. The monoisotopic (exact) mass is 1140 g/mol. The number of ketones is 1. The van der Waals surface area contributed by atoms with Crippen molar-refractivity contribution in [3.63, 3.8) is 0 Å². The van der Waals surface area contributed by atoms with E-state index in [2.05, 4.69) is 380 Å². The van der Waals surface area contributed by atoms with Crippen LogP contribution in [0.3, 0.4) is 0 Å². The van der Waals surface area contributed by atoms with Gasteiger partial charge in [-0.3, -0.25) is 4.79 Å². The maximum Gasteiger partial charge on any atom is 0.138 e. The summed E-state index contributed by atoms with van der Waals surface area (Å²) < 4.78 is 0. The smallest absolute Gasteiger partial charge is 0.138 e. The minimum absolute atomic E-state index is 0.129. The Balaban J connectivity index is -0.000000206. The molecule has 0 unspecified atom stereocenters. The second-order valence-electron chi connectivity index (χ2n) is 38.9. The van der Waals surface area contributed by atoms with E-state index in [1.807, 2.05) is 20.8 Å². The highest BCUT2D eigenvalue weighted by atomic mass is 16.1. The molecule has 0 N–H and O–H groups in total. The van der Waals surface area contributed by atoms with Crippen molar-refractivity contribution < 1.29 is 4.79 Å². The van der Waals surface area contributed by atoms with Crippen molar-refractivity contribution >= 4 is 5.78 Å². The van der Waals surface area contributed by atoms with E-state index in [-0.39, 0.29) is 32.5 Å². The fourth-order valence-corrected chi connectivity index (χ4v) is 5.84. The molecular weight excluding hydrogens is 989 g/mol. The van der Waals surface area contributed by atoms with Crippen LogP contribution in [0.4, 0.5) is 0 Å². The Morgan fingerprint density at radius 1 is 0.293 bits per heavy atom. The van der Waals surface area contributed by atoms with Crippen LogP contribution < -0.4 is 0 Å². The first-order valence-corrected chi connectivity index (χ1v) is 31.7. The molecule has 0 saturated heterocycles. The Hall–Kier alpha value is -2.93. The molecule has 0 spiro atoms. The zero-order valence-corrected chi connectivity index (χ0v) is 64.3. The largest absolute Gasteiger partial charge is 0.299 e. The van der Waals surface area contributed by atoms with Crippen molar-refractivity contribution in [2.75, 3.05) is 0 Å². The first-order chi connectivity index (χ1) is 35.3. The van der Waals surface area contributed by atoms with Crippen LogP contribution in [0, 0.1) is 65.0 Å². The van der Waals surface area contributed by atoms with Gasteiger partial charge in [0.25, 0.3) is 0 Å². The average Bonchev–Trinajstić information content (AvgIpc) is 3.16. The summed E-state index contributed by atoms with van der Waals surface area (Å²) in [6.45, 7) is 94.9. The van der Waals surface area contributed by atoms with E-state index in [0.29, 0.717) is 55.5 Å². The summed E-state index contributed by atoms with van der Waals surface area (Å²) in [6.07, 6.45) is 31.7. The second-order valence-corrected chi connectivity index (χ2v) is 38.9. The first-order valence-electron chi connectivity index (χ1n) is 31.7. The molecule has 1 aromatic rings. The van der Waals surface area contributed by atoms with Gasteiger partial charge in [-0.05, 0) is 101 Å². The number of rotatable bonds is 5. The Kier molecular flexibility index (Phi) is 39.9. The molecule has 0 aromatic heterocycles. The highest BCUT2D eigenvalue weighted by molar-refractivity contribution is 5.84. The van der Waals surface area contributed by atoms with Crippen molar-refractivity contribution in [2.24, 2.45) is 65.0 Å². The molecule has 1 nitrogen and oxygen atoms in total. The minimum atomic E-state index is -0.173. The lowest BCUT2D eigenvalue weighted by molar-refractivity contribution is -0.128. The third-order valence-electron chi connectivity index (χ3n) is 11.5. The Labute approximate surface area is 520 Å². The molecule has 0 atom stereocenters. The van der Waals surface area contributed by atoms with Crippen LogP contribution in [0.5, 0.6) is 0 Å². The van der Waals surface area contributed by atoms with E-state index in [1.54, 1.807) is 0 Å². The van der Waals surface area contributed by atoms with Crippen LogP contribution in [0.15, 0.2) is 109 Å². The van der Waals surface area contributed by atoms with Crippen LogP contribution in [0.1, 0.15) is 328 Å². The zero-order chi connectivity index (χ0) is 67.5. The number of Topliss-reactive ketones (excluding diaryl/α,β-unsaturated/α-hetero) is 1. The molecule has 0 radical (unpaired) electrons. The maximum absolute atomic E-state index is 11.5. The zero-order valence-electron chi connectivity index (χ0n) is 64.3. The van der Waals surface area contributed by atoms with Gasteiger partial charge < -0.3 is 0 Å². The highest BCUT2D eigenvalue weighted by Crippen LogP contribution is 2.32. The first kappa shape index (κ1) is 90.3. The quantitative estimate of drug-likeness (QED) is 0.212. The number of allylic oxidation sites excluding steroid dienone is 14. The maximum atomic E-state index is 11.5. The van der Waals surface area contributed by atoms with E-state index < -0.39 is 0 Å². The van der Waals surface area contributed by atoms with E-state index in [1.165, 1.54) is 29.5 Å². The fraction of sp³-hybridized carbons (Fsp3) is 0.741. The summed E-state index contributed by atoms with van der Waals surface area (Å²) in [6, 6.07) is 9.00. The average molecular weight is 1140 g/mol. The Morgan fingerprint density at radius 3 is 0.634 bits per heavy atom. The van der Waals surface area contributed by atoms with Crippen LogP contribution in [-0.4, -0.2) is 5.78 Å². The number of benzene rings is 1. The van der Waals surface area contributed by atoms with Gasteiger partial charge in [0.2, 0.25) is 0 Å². The topological polar surface area (TPSA) is 17.1 Å². The third kappa shape index (κ3) is 79.1. The van der Waals surface area contributed by atoms with Gasteiger partial charge in [0.05, 0.1) is 0 Å². The van der Waals surface area contributed by atoms with Crippen LogP contribution in [0.2, 0.25) is 0 Å². The van der Waals surface area contributed by atoms with E-state index >= 15 is 0 Å². The number of hydrogen-bond donors (Lipinski definition) is 0. The van der Waals surface area contributed by atoms with Gasteiger partial charge in [-0.1, -0.05) is 400 Å². The van der Waals surface area contributed by atoms with Gasteiger partial charge in [-0.25, -0.2) is 0 Å². The van der Waals surface area contributed by atoms with Gasteiger partial charge in [-0.15, -0.1) is 0 Å². The van der Waals surface area contributed by atoms with E-state index in [9.17, 15) is 4.79 Å². The summed E-state index contributed by atoms with van der Waals surface area (Å²) in [5, 5.41) is 0. The summed E-state index contributed by atoms with van der Waals surface area (Å²) >= 11 is 0. The summed E-state index contributed by atoms with van der Waals surface area (Å²) in [5.41, 5.74) is 8.22. The number of carbonyl (C=O) groups is 1. The molecule has 0 saturated carbocycles. The van der Waals surface area contributed by atoms with Gasteiger partial charge in [0.15, 0.2) is 0 Å². The second kappa shape index (κ2) is 36.3.